The fourth-order valence-corrected chi connectivity index (χ4v) is 1.32. The van der Waals surface area contributed by atoms with Crippen LogP contribution >= 0.6 is 23.8 Å². The van der Waals surface area contributed by atoms with E-state index in [-0.39, 0.29) is 0 Å². The second-order valence-electron chi connectivity index (χ2n) is 2.48. The number of aromatic nitrogens is 1. The molecular formula is C9H10ClNOS. The van der Waals surface area contributed by atoms with Crippen LogP contribution in [0.1, 0.15) is 18.3 Å². The minimum atomic E-state index is 0.334. The Morgan fingerprint density at radius 1 is 1.62 bits per heavy atom. The molecule has 2 nitrogen and oxygen atoms in total. The Labute approximate surface area is 87.9 Å². The van der Waals surface area contributed by atoms with Crippen LogP contribution in [-0.2, 0) is 11.2 Å². The van der Waals surface area contributed by atoms with Crippen LogP contribution in [0.5, 0.6) is 0 Å². The van der Waals surface area contributed by atoms with Gasteiger partial charge in [0.25, 0.3) is 0 Å². The predicted octanol–water partition coefficient (Wildman–Crippen LogP) is 2.62. The molecule has 0 aromatic carbocycles. The van der Waals surface area contributed by atoms with E-state index < -0.39 is 0 Å². The number of aryl methyl sites for hydroxylation is 1. The number of pyridine rings is 1. The third kappa shape index (κ3) is 2.39. The number of ether oxygens (including phenoxy) is 1. The number of rotatable bonds is 2. The Morgan fingerprint density at radius 2 is 2.31 bits per heavy atom. The molecule has 13 heavy (non-hydrogen) atoms. The lowest BCUT2D eigenvalue weighted by Crippen LogP contribution is -2.05. The first kappa shape index (κ1) is 10.4. The molecular weight excluding hydrogens is 206 g/mol. The Bertz CT molecular complexity index is 327. The average molecular weight is 216 g/mol. The van der Waals surface area contributed by atoms with E-state index in [1.165, 1.54) is 7.11 Å². The maximum absolute atomic E-state index is 5.90. The number of hydrogen-bond donors (Lipinski definition) is 0. The summed E-state index contributed by atoms with van der Waals surface area (Å²) in [5.74, 6) is 0. The summed E-state index contributed by atoms with van der Waals surface area (Å²) in [6.45, 7) is 2.02. The van der Waals surface area contributed by atoms with E-state index in [1.54, 1.807) is 6.07 Å². The fourth-order valence-electron chi connectivity index (χ4n) is 0.919. The highest BCUT2D eigenvalue weighted by atomic mass is 35.5. The molecule has 1 aromatic rings. The summed E-state index contributed by atoms with van der Waals surface area (Å²) in [6, 6.07) is 3.66. The van der Waals surface area contributed by atoms with Crippen molar-refractivity contribution in [2.45, 2.75) is 13.3 Å². The molecule has 0 aliphatic rings. The van der Waals surface area contributed by atoms with Gasteiger partial charge in [-0.15, -0.1) is 0 Å². The van der Waals surface area contributed by atoms with Crippen molar-refractivity contribution in [2.24, 2.45) is 0 Å². The number of thiocarbonyl (C=S) groups is 1. The van der Waals surface area contributed by atoms with E-state index >= 15 is 0 Å². The maximum atomic E-state index is 5.90. The van der Waals surface area contributed by atoms with Gasteiger partial charge in [-0.1, -0.05) is 18.5 Å². The Hall–Kier alpha value is -0.670. The molecule has 0 bridgehead atoms. The van der Waals surface area contributed by atoms with Crippen LogP contribution in [0, 0.1) is 0 Å². The summed E-state index contributed by atoms with van der Waals surface area (Å²) >= 11 is 10.8. The van der Waals surface area contributed by atoms with Crippen molar-refractivity contribution in [1.29, 1.82) is 0 Å². The first-order valence-electron chi connectivity index (χ1n) is 3.92. The first-order valence-corrected chi connectivity index (χ1v) is 4.71. The number of halogens is 1. The Balaban J connectivity index is 3.11. The SMILES string of the molecule is CCc1ccc(Cl)c(C(=S)OC)n1. The van der Waals surface area contributed by atoms with E-state index in [9.17, 15) is 0 Å². The maximum Gasteiger partial charge on any atom is 0.211 e. The van der Waals surface area contributed by atoms with Gasteiger partial charge < -0.3 is 4.74 Å². The Morgan fingerprint density at radius 3 is 2.85 bits per heavy atom. The molecule has 0 aliphatic heterocycles. The average Bonchev–Trinajstić information content (AvgIpc) is 2.17. The summed E-state index contributed by atoms with van der Waals surface area (Å²) in [6.07, 6.45) is 0.858. The smallest absolute Gasteiger partial charge is 0.211 e. The van der Waals surface area contributed by atoms with Crippen LogP contribution in [0.25, 0.3) is 0 Å². The molecule has 0 N–H and O–H groups in total. The summed E-state index contributed by atoms with van der Waals surface area (Å²) in [4.78, 5) is 4.26. The molecule has 0 saturated heterocycles. The van der Waals surface area contributed by atoms with Crippen molar-refractivity contribution in [3.05, 3.63) is 28.5 Å². The molecule has 0 radical (unpaired) electrons. The van der Waals surface area contributed by atoms with E-state index in [0.29, 0.717) is 15.8 Å². The minimum Gasteiger partial charge on any atom is -0.485 e. The molecule has 4 heteroatoms. The Kier molecular flexibility index (Phi) is 3.63. The zero-order valence-electron chi connectivity index (χ0n) is 7.50. The van der Waals surface area contributed by atoms with Gasteiger partial charge in [-0.25, -0.2) is 4.98 Å². The van der Waals surface area contributed by atoms with Gasteiger partial charge in [0.1, 0.15) is 5.69 Å². The van der Waals surface area contributed by atoms with Gasteiger partial charge in [0.05, 0.1) is 12.1 Å². The highest BCUT2D eigenvalue weighted by molar-refractivity contribution is 7.80. The number of hydrogen-bond acceptors (Lipinski definition) is 3. The monoisotopic (exact) mass is 215 g/mol. The van der Waals surface area contributed by atoms with E-state index in [0.717, 1.165) is 12.1 Å². The molecule has 1 heterocycles. The number of methoxy groups -OCH3 is 1. The normalized spacial score (nSPS) is 9.77. The van der Waals surface area contributed by atoms with Crippen LogP contribution in [0.3, 0.4) is 0 Å². The van der Waals surface area contributed by atoms with Crippen molar-refractivity contribution in [3.8, 4) is 0 Å². The zero-order valence-corrected chi connectivity index (χ0v) is 9.08. The van der Waals surface area contributed by atoms with Gasteiger partial charge in [0.15, 0.2) is 0 Å². The standard InChI is InChI=1S/C9H10ClNOS/c1-3-6-4-5-7(10)8(11-6)9(13)12-2/h4-5H,3H2,1-2H3. The van der Waals surface area contributed by atoms with Crippen molar-refractivity contribution in [3.63, 3.8) is 0 Å². The highest BCUT2D eigenvalue weighted by Gasteiger charge is 2.08. The third-order valence-corrected chi connectivity index (χ3v) is 2.31. The molecule has 70 valence electrons. The van der Waals surface area contributed by atoms with Gasteiger partial charge >= 0.3 is 0 Å². The van der Waals surface area contributed by atoms with Gasteiger partial charge in [-0.2, -0.15) is 0 Å². The molecule has 0 spiro atoms. The fraction of sp³-hybridized carbons (Fsp3) is 0.333. The van der Waals surface area contributed by atoms with E-state index in [2.05, 4.69) is 4.98 Å². The lowest BCUT2D eigenvalue weighted by atomic mass is 10.2. The molecule has 1 rings (SSSR count). The van der Waals surface area contributed by atoms with Gasteiger partial charge in [0.2, 0.25) is 5.05 Å². The molecule has 0 aliphatic carbocycles. The van der Waals surface area contributed by atoms with Crippen LogP contribution < -0.4 is 0 Å². The minimum absolute atomic E-state index is 0.334. The zero-order chi connectivity index (χ0) is 9.84. The van der Waals surface area contributed by atoms with E-state index in [1.807, 2.05) is 13.0 Å². The molecule has 0 amide bonds. The van der Waals surface area contributed by atoms with Gasteiger partial charge in [-0.05, 0) is 30.8 Å². The van der Waals surface area contributed by atoms with E-state index in [4.69, 9.17) is 28.6 Å². The van der Waals surface area contributed by atoms with Gasteiger partial charge in [-0.3, -0.25) is 0 Å². The summed E-state index contributed by atoms with van der Waals surface area (Å²) in [5.41, 5.74) is 1.51. The summed E-state index contributed by atoms with van der Waals surface area (Å²) < 4.78 is 4.90. The topological polar surface area (TPSA) is 22.1 Å². The molecule has 0 fully saturated rings. The molecule has 0 unspecified atom stereocenters. The second kappa shape index (κ2) is 4.53. The van der Waals surface area contributed by atoms with Gasteiger partial charge in [0, 0.05) is 5.69 Å². The quantitative estimate of drug-likeness (QED) is 0.709. The second-order valence-corrected chi connectivity index (χ2v) is 3.26. The lowest BCUT2D eigenvalue weighted by molar-refractivity contribution is 0.414. The highest BCUT2D eigenvalue weighted by Crippen LogP contribution is 2.15. The van der Waals surface area contributed by atoms with Crippen LogP contribution in [-0.4, -0.2) is 17.1 Å². The van der Waals surface area contributed by atoms with Crippen molar-refractivity contribution in [1.82, 2.24) is 4.98 Å². The van der Waals surface area contributed by atoms with Crippen molar-refractivity contribution in [2.75, 3.05) is 7.11 Å². The van der Waals surface area contributed by atoms with Crippen LogP contribution in [0.15, 0.2) is 12.1 Å². The molecule has 1 aromatic heterocycles. The molecule has 0 saturated carbocycles. The molecule has 0 atom stereocenters. The first-order chi connectivity index (χ1) is 6.19. The summed E-state index contributed by atoms with van der Waals surface area (Å²) in [7, 11) is 1.51. The third-order valence-electron chi connectivity index (χ3n) is 1.64. The largest absolute Gasteiger partial charge is 0.485 e. The number of nitrogens with zero attached hydrogens (tertiary/aromatic N) is 1. The van der Waals surface area contributed by atoms with Crippen LogP contribution in [0.2, 0.25) is 5.02 Å². The van der Waals surface area contributed by atoms with Crippen molar-refractivity contribution >= 4 is 28.9 Å². The van der Waals surface area contributed by atoms with Crippen molar-refractivity contribution < 1.29 is 4.74 Å². The summed E-state index contributed by atoms with van der Waals surface area (Å²) in [5, 5.41) is 0.865. The lowest BCUT2D eigenvalue weighted by Gasteiger charge is -2.05. The van der Waals surface area contributed by atoms with Crippen LogP contribution in [0.4, 0.5) is 0 Å². The predicted molar refractivity (Wildman–Crippen MR) is 57.3 cm³/mol.